The van der Waals surface area contributed by atoms with E-state index >= 15 is 0 Å². The summed E-state index contributed by atoms with van der Waals surface area (Å²) in [7, 11) is 3.48. The number of guanidine groups is 1. The fourth-order valence-electron chi connectivity index (χ4n) is 3.35. The van der Waals surface area contributed by atoms with Crippen LogP contribution in [0.2, 0.25) is 0 Å². The van der Waals surface area contributed by atoms with E-state index in [0.717, 1.165) is 43.7 Å². The Balaban J connectivity index is 1.30. The summed E-state index contributed by atoms with van der Waals surface area (Å²) >= 11 is 0. The first-order chi connectivity index (χ1) is 14.3. The highest BCUT2D eigenvalue weighted by molar-refractivity contribution is 5.80. The molecule has 1 aromatic carbocycles. The van der Waals surface area contributed by atoms with E-state index in [0.29, 0.717) is 18.1 Å². The van der Waals surface area contributed by atoms with Crippen molar-refractivity contribution in [2.75, 3.05) is 45.2 Å². The van der Waals surface area contributed by atoms with Gasteiger partial charge in [0.1, 0.15) is 11.6 Å². The molecule has 0 radical (unpaired) electrons. The second kappa shape index (κ2) is 8.68. The number of hydrogen-bond acceptors (Lipinski definition) is 6. The fourth-order valence-corrected chi connectivity index (χ4v) is 3.35. The van der Waals surface area contributed by atoms with E-state index in [9.17, 15) is 0 Å². The molecule has 4 rings (SSSR count). The number of rotatable bonds is 5. The number of hydrogen-bond donors (Lipinski definition) is 2. The van der Waals surface area contributed by atoms with Crippen molar-refractivity contribution in [3.05, 3.63) is 48.5 Å². The molecule has 0 bridgehead atoms. The predicted molar refractivity (Wildman–Crippen MR) is 111 cm³/mol. The first kappa shape index (κ1) is 18.9. The van der Waals surface area contributed by atoms with Crippen molar-refractivity contribution in [2.24, 2.45) is 4.99 Å². The molecule has 1 aliphatic rings. The standard InChI is InChI=1S/C20H25N7O2/c1-21-20(22-14-18-23-19(25-24-18)17-4-3-13-29-17)27-11-9-26(10-12-27)15-5-7-16(28-2)8-6-15/h3-8,13H,9-12,14H2,1-2H3,(H,21,22)(H,23,24,25). The number of aromatic nitrogens is 3. The maximum atomic E-state index is 5.33. The Labute approximate surface area is 169 Å². The second-order valence-electron chi connectivity index (χ2n) is 6.66. The lowest BCUT2D eigenvalue weighted by atomic mass is 10.2. The zero-order chi connectivity index (χ0) is 20.1. The molecule has 0 aliphatic carbocycles. The van der Waals surface area contributed by atoms with Gasteiger partial charge in [-0.05, 0) is 36.4 Å². The van der Waals surface area contributed by atoms with E-state index in [4.69, 9.17) is 9.15 Å². The molecule has 152 valence electrons. The zero-order valence-corrected chi connectivity index (χ0v) is 16.6. The third-order valence-electron chi connectivity index (χ3n) is 4.92. The highest BCUT2D eigenvalue weighted by atomic mass is 16.5. The Kier molecular flexibility index (Phi) is 5.64. The van der Waals surface area contributed by atoms with E-state index in [-0.39, 0.29) is 0 Å². The Morgan fingerprint density at radius 2 is 2.00 bits per heavy atom. The second-order valence-corrected chi connectivity index (χ2v) is 6.66. The number of furan rings is 1. The van der Waals surface area contributed by atoms with Crippen LogP contribution in [0.5, 0.6) is 5.75 Å². The maximum Gasteiger partial charge on any atom is 0.216 e. The van der Waals surface area contributed by atoms with Crippen molar-refractivity contribution in [3.8, 4) is 17.3 Å². The summed E-state index contributed by atoms with van der Waals surface area (Å²) < 4.78 is 10.6. The van der Waals surface area contributed by atoms with Crippen LogP contribution in [0, 0.1) is 0 Å². The minimum Gasteiger partial charge on any atom is -0.497 e. The lowest BCUT2D eigenvalue weighted by Crippen LogP contribution is -2.52. The zero-order valence-electron chi connectivity index (χ0n) is 16.6. The van der Waals surface area contributed by atoms with Gasteiger partial charge in [0.15, 0.2) is 11.7 Å². The Bertz CT molecular complexity index is 926. The molecule has 0 amide bonds. The fraction of sp³-hybridized carbons (Fsp3) is 0.350. The maximum absolute atomic E-state index is 5.33. The number of methoxy groups -OCH3 is 1. The van der Waals surface area contributed by atoms with Crippen LogP contribution in [0.1, 0.15) is 5.82 Å². The molecule has 2 aromatic heterocycles. The van der Waals surface area contributed by atoms with E-state index in [1.807, 2.05) is 24.3 Å². The van der Waals surface area contributed by atoms with Gasteiger partial charge in [0.05, 0.1) is 19.9 Å². The molecule has 29 heavy (non-hydrogen) atoms. The van der Waals surface area contributed by atoms with Crippen LogP contribution in [-0.4, -0.2) is 66.4 Å². The number of nitrogens with one attached hydrogen (secondary N) is 2. The molecule has 3 aromatic rings. The van der Waals surface area contributed by atoms with Gasteiger partial charge in [-0.1, -0.05) is 0 Å². The quantitative estimate of drug-likeness (QED) is 0.504. The van der Waals surface area contributed by atoms with Crippen LogP contribution in [0.25, 0.3) is 11.6 Å². The molecular formula is C20H25N7O2. The summed E-state index contributed by atoms with van der Waals surface area (Å²) in [5.74, 6) is 3.66. The molecule has 3 heterocycles. The van der Waals surface area contributed by atoms with Gasteiger partial charge in [0.2, 0.25) is 5.82 Å². The number of ether oxygens (including phenoxy) is 1. The van der Waals surface area contributed by atoms with Crippen LogP contribution < -0.4 is 15.0 Å². The summed E-state index contributed by atoms with van der Waals surface area (Å²) in [5, 5.41) is 10.5. The number of benzene rings is 1. The summed E-state index contributed by atoms with van der Waals surface area (Å²) in [6.07, 6.45) is 1.61. The normalized spacial score (nSPS) is 14.9. The predicted octanol–water partition coefficient (Wildman–Crippen LogP) is 1.97. The Morgan fingerprint density at radius 3 is 2.66 bits per heavy atom. The third-order valence-corrected chi connectivity index (χ3v) is 4.92. The van der Waals surface area contributed by atoms with E-state index in [1.54, 1.807) is 20.4 Å². The molecule has 1 aliphatic heterocycles. The molecule has 1 saturated heterocycles. The Hall–Kier alpha value is -3.49. The number of H-pyrrole nitrogens is 1. The third kappa shape index (κ3) is 4.34. The van der Waals surface area contributed by atoms with Gasteiger partial charge < -0.3 is 24.3 Å². The van der Waals surface area contributed by atoms with Crippen LogP contribution in [0.3, 0.4) is 0 Å². The van der Waals surface area contributed by atoms with E-state index < -0.39 is 0 Å². The van der Waals surface area contributed by atoms with Gasteiger partial charge >= 0.3 is 0 Å². The van der Waals surface area contributed by atoms with Crippen LogP contribution in [0.4, 0.5) is 5.69 Å². The van der Waals surface area contributed by atoms with Crippen molar-refractivity contribution in [1.29, 1.82) is 0 Å². The minimum atomic E-state index is 0.513. The minimum absolute atomic E-state index is 0.513. The summed E-state index contributed by atoms with van der Waals surface area (Å²) in [5.41, 5.74) is 1.21. The van der Waals surface area contributed by atoms with Crippen LogP contribution in [-0.2, 0) is 6.54 Å². The topological polar surface area (TPSA) is 94.8 Å². The van der Waals surface area contributed by atoms with E-state index in [2.05, 4.69) is 47.4 Å². The van der Waals surface area contributed by atoms with E-state index in [1.165, 1.54) is 5.69 Å². The highest BCUT2D eigenvalue weighted by Crippen LogP contribution is 2.20. The van der Waals surface area contributed by atoms with Gasteiger partial charge in [0.25, 0.3) is 0 Å². The molecule has 1 fully saturated rings. The summed E-state index contributed by atoms with van der Waals surface area (Å²) in [4.78, 5) is 13.5. The lowest BCUT2D eigenvalue weighted by molar-refractivity contribution is 0.372. The molecule has 0 spiro atoms. The smallest absolute Gasteiger partial charge is 0.216 e. The monoisotopic (exact) mass is 395 g/mol. The molecular weight excluding hydrogens is 370 g/mol. The average molecular weight is 395 g/mol. The number of nitrogens with zero attached hydrogens (tertiary/aromatic N) is 5. The average Bonchev–Trinajstić information content (AvgIpc) is 3.47. The number of aromatic amines is 1. The number of piperazine rings is 1. The highest BCUT2D eigenvalue weighted by Gasteiger charge is 2.20. The molecule has 0 unspecified atom stereocenters. The largest absolute Gasteiger partial charge is 0.497 e. The van der Waals surface area contributed by atoms with Crippen molar-refractivity contribution in [2.45, 2.75) is 6.54 Å². The van der Waals surface area contributed by atoms with Crippen LogP contribution in [0.15, 0.2) is 52.1 Å². The molecule has 0 saturated carbocycles. The lowest BCUT2D eigenvalue weighted by Gasteiger charge is -2.37. The van der Waals surface area contributed by atoms with Gasteiger partial charge in [0, 0.05) is 38.9 Å². The van der Waals surface area contributed by atoms with Gasteiger partial charge in [-0.2, -0.15) is 0 Å². The van der Waals surface area contributed by atoms with Crippen molar-refractivity contribution in [3.63, 3.8) is 0 Å². The van der Waals surface area contributed by atoms with Gasteiger partial charge in [-0.25, -0.2) is 4.98 Å². The summed E-state index contributed by atoms with van der Waals surface area (Å²) in [6.45, 7) is 4.15. The van der Waals surface area contributed by atoms with Gasteiger partial charge in [-0.3, -0.25) is 10.1 Å². The molecule has 2 N–H and O–H groups in total. The SMILES string of the molecule is CN=C(NCc1nc(-c2ccco2)n[nH]1)N1CCN(c2ccc(OC)cc2)CC1. The number of aliphatic imine (C=N–C) groups is 1. The van der Waals surface area contributed by atoms with Crippen molar-refractivity contribution < 1.29 is 9.15 Å². The van der Waals surface area contributed by atoms with Crippen molar-refractivity contribution in [1.82, 2.24) is 25.4 Å². The van der Waals surface area contributed by atoms with Crippen molar-refractivity contribution >= 4 is 11.6 Å². The van der Waals surface area contributed by atoms with Crippen LogP contribution >= 0.6 is 0 Å². The first-order valence-electron chi connectivity index (χ1n) is 9.56. The molecule has 0 atom stereocenters. The molecule has 9 heteroatoms. The Morgan fingerprint density at radius 1 is 1.21 bits per heavy atom. The molecule has 9 nitrogen and oxygen atoms in total. The first-order valence-corrected chi connectivity index (χ1v) is 9.56. The van der Waals surface area contributed by atoms with Gasteiger partial charge in [-0.15, -0.1) is 5.10 Å². The summed E-state index contributed by atoms with van der Waals surface area (Å²) in [6, 6.07) is 11.8. The number of anilines is 1.